The quantitative estimate of drug-likeness (QED) is 0.142. The second-order valence-corrected chi connectivity index (χ2v) is 25.2. The van der Waals surface area contributed by atoms with E-state index in [2.05, 4.69) is 318 Å². The molecule has 13 aromatic carbocycles. The molecule has 16 rings (SSSR count). The van der Waals surface area contributed by atoms with E-state index in [9.17, 15) is 0 Å². The Labute approximate surface area is 495 Å². The fraction of sp³-hybridized carbons (Fsp3) is 0.111. The molecule has 1 aliphatic rings. The summed E-state index contributed by atoms with van der Waals surface area (Å²) < 4.78 is 14.2. The van der Waals surface area contributed by atoms with Crippen molar-refractivity contribution in [3.63, 3.8) is 0 Å². The number of benzene rings is 13. The van der Waals surface area contributed by atoms with Gasteiger partial charge in [0.15, 0.2) is 11.2 Å². The minimum absolute atomic E-state index is 0.103. The highest BCUT2D eigenvalue weighted by atomic mass is 16.3. The molecule has 0 fully saturated rings. The van der Waals surface area contributed by atoms with E-state index in [1.807, 2.05) is 0 Å². The molecule has 15 aromatic rings. The van der Waals surface area contributed by atoms with Crippen molar-refractivity contribution < 1.29 is 8.83 Å². The third-order valence-corrected chi connectivity index (χ3v) is 18.1. The molecule has 0 amide bonds. The smallest absolute Gasteiger partial charge is 0.159 e. The molecule has 0 spiro atoms. The van der Waals surface area contributed by atoms with Gasteiger partial charge in [-0.15, -0.1) is 0 Å². The topological polar surface area (TPSA) is 32.8 Å². The largest absolute Gasteiger partial charge is 0.454 e. The summed E-state index contributed by atoms with van der Waals surface area (Å²) in [7, 11) is 0. The van der Waals surface area contributed by atoms with E-state index in [4.69, 9.17) is 8.83 Å². The van der Waals surface area contributed by atoms with Gasteiger partial charge in [-0.05, 0) is 149 Å². The van der Waals surface area contributed by atoms with Crippen molar-refractivity contribution in [3.05, 3.63) is 300 Å². The molecule has 4 heteroatoms. The standard InChI is InChI=1S/C81H62N2O2/c1-79(2,3)68-39-21-35-62-64-37-23-41-71(77(64)84-75(62)68)82(55-29-15-9-16-30-55)57-44-43-51-48-67-70(49-52(51)47-57)81(53-25-11-7-12-26-53,54-27-13-8-14-28-54)74-61-46-45-58(50-66(61)59-33-19-20-34-60(59)73(67)74)83(56-31-17-10-18-32-56)72-42-24-38-65-63-36-22-40-69(80(4,5)6)76(63)85-78(65)72/h7-50H,1-6H3. The maximum Gasteiger partial charge on any atom is 0.159 e. The van der Waals surface area contributed by atoms with E-state index >= 15 is 0 Å². The number of nitrogens with zero attached hydrogens (tertiary/aromatic N) is 2. The van der Waals surface area contributed by atoms with Crippen molar-refractivity contribution in [3.8, 4) is 11.1 Å². The van der Waals surface area contributed by atoms with E-state index in [0.717, 1.165) is 83.4 Å². The van der Waals surface area contributed by atoms with Crippen LogP contribution < -0.4 is 9.80 Å². The van der Waals surface area contributed by atoms with Crippen LogP contribution in [0.25, 0.3) is 87.3 Å². The first-order valence-electron chi connectivity index (χ1n) is 29.7. The fourth-order valence-electron chi connectivity index (χ4n) is 14.4. The Bertz CT molecular complexity index is 5100. The molecule has 0 bridgehead atoms. The number of para-hydroxylation sites is 6. The van der Waals surface area contributed by atoms with Gasteiger partial charge < -0.3 is 18.6 Å². The van der Waals surface area contributed by atoms with E-state index in [0.29, 0.717) is 0 Å². The lowest BCUT2D eigenvalue weighted by atomic mass is 9.66. The van der Waals surface area contributed by atoms with Gasteiger partial charge >= 0.3 is 0 Å². The van der Waals surface area contributed by atoms with Crippen molar-refractivity contribution in [2.75, 3.05) is 9.80 Å². The second kappa shape index (κ2) is 18.9. The molecule has 408 valence electrons. The van der Waals surface area contributed by atoms with Crippen LogP contribution in [-0.4, -0.2) is 0 Å². The molecule has 0 saturated carbocycles. The maximum absolute atomic E-state index is 7.14. The molecule has 0 aliphatic heterocycles. The normalized spacial score (nSPS) is 13.2. The maximum atomic E-state index is 7.14. The highest BCUT2D eigenvalue weighted by Crippen LogP contribution is 2.62. The molecule has 1 aliphatic carbocycles. The molecule has 4 nitrogen and oxygen atoms in total. The number of anilines is 6. The van der Waals surface area contributed by atoms with Gasteiger partial charge in [0.05, 0.1) is 16.8 Å². The minimum atomic E-state index is -0.728. The first-order valence-corrected chi connectivity index (χ1v) is 29.7. The van der Waals surface area contributed by atoms with E-state index in [1.165, 1.54) is 71.4 Å². The van der Waals surface area contributed by atoms with Crippen molar-refractivity contribution >= 4 is 110 Å². The van der Waals surface area contributed by atoms with E-state index in [-0.39, 0.29) is 10.8 Å². The van der Waals surface area contributed by atoms with Crippen LogP contribution in [-0.2, 0) is 16.2 Å². The van der Waals surface area contributed by atoms with Gasteiger partial charge in [0.25, 0.3) is 0 Å². The van der Waals surface area contributed by atoms with E-state index in [1.54, 1.807) is 0 Å². The van der Waals surface area contributed by atoms with Crippen molar-refractivity contribution in [2.45, 2.75) is 57.8 Å². The molecule has 0 N–H and O–H groups in total. The van der Waals surface area contributed by atoms with Crippen LogP contribution in [0.15, 0.2) is 276 Å². The van der Waals surface area contributed by atoms with Gasteiger partial charge in [0.1, 0.15) is 11.2 Å². The number of hydrogen-bond donors (Lipinski definition) is 0. The van der Waals surface area contributed by atoms with Crippen LogP contribution in [0, 0.1) is 0 Å². The summed E-state index contributed by atoms with van der Waals surface area (Å²) in [6.45, 7) is 13.6. The molecule has 0 saturated heterocycles. The van der Waals surface area contributed by atoms with Gasteiger partial charge in [0, 0.05) is 55.4 Å². The van der Waals surface area contributed by atoms with Crippen LogP contribution in [0.5, 0.6) is 0 Å². The third kappa shape index (κ3) is 7.67. The zero-order valence-electron chi connectivity index (χ0n) is 48.6. The third-order valence-electron chi connectivity index (χ3n) is 18.1. The molecule has 2 aromatic heterocycles. The highest BCUT2D eigenvalue weighted by molar-refractivity contribution is 6.21. The van der Waals surface area contributed by atoms with Crippen LogP contribution in [0.2, 0.25) is 0 Å². The average Bonchev–Trinajstić information content (AvgIpc) is 1.60. The summed E-state index contributed by atoms with van der Waals surface area (Å²) in [4.78, 5) is 4.76. The van der Waals surface area contributed by atoms with Gasteiger partial charge in [-0.3, -0.25) is 0 Å². The van der Waals surface area contributed by atoms with Crippen LogP contribution >= 0.6 is 0 Å². The molecule has 85 heavy (non-hydrogen) atoms. The van der Waals surface area contributed by atoms with E-state index < -0.39 is 5.41 Å². The Hall–Kier alpha value is -10.2. The van der Waals surface area contributed by atoms with Crippen molar-refractivity contribution in [2.24, 2.45) is 0 Å². The predicted octanol–water partition coefficient (Wildman–Crippen LogP) is 22.8. The first-order chi connectivity index (χ1) is 41.4. The van der Waals surface area contributed by atoms with Crippen LogP contribution in [0.1, 0.15) is 74.9 Å². The number of fused-ring (bicyclic) bond motifs is 15. The minimum Gasteiger partial charge on any atom is -0.454 e. The molecule has 2 heterocycles. The monoisotopic (exact) mass is 1090 g/mol. The summed E-state index contributed by atoms with van der Waals surface area (Å²) in [5, 5.41) is 11.6. The van der Waals surface area contributed by atoms with Crippen molar-refractivity contribution in [1.29, 1.82) is 0 Å². The molecule has 0 atom stereocenters. The Morgan fingerprint density at radius 2 is 0.741 bits per heavy atom. The summed E-state index contributed by atoms with van der Waals surface area (Å²) in [5.41, 5.74) is 18.7. The summed E-state index contributed by atoms with van der Waals surface area (Å²) >= 11 is 0. The molecule has 0 radical (unpaired) electrons. The fourth-order valence-corrected chi connectivity index (χ4v) is 14.4. The SMILES string of the molecule is CC(C)(C)c1cccc2c1oc1c(N(c3ccccc3)c3ccc4cc5c(cc4c3)C(c3ccccc3)(c3ccccc3)c3c-5c4ccccc4c4cc(N(c5ccccc5)c5cccc6c5oc5c(C(C)(C)C)cccc56)ccc34)cccc12. The summed E-state index contributed by atoms with van der Waals surface area (Å²) in [6, 6.07) is 98.6. The number of hydrogen-bond acceptors (Lipinski definition) is 4. The number of furan rings is 2. The van der Waals surface area contributed by atoms with Gasteiger partial charge in [0.2, 0.25) is 0 Å². The van der Waals surface area contributed by atoms with Crippen molar-refractivity contribution in [1.82, 2.24) is 0 Å². The zero-order chi connectivity index (χ0) is 57.3. The Morgan fingerprint density at radius 3 is 1.26 bits per heavy atom. The van der Waals surface area contributed by atoms with Gasteiger partial charge in [-0.25, -0.2) is 0 Å². The predicted molar refractivity (Wildman–Crippen MR) is 358 cm³/mol. The average molecular weight is 1100 g/mol. The first kappa shape index (κ1) is 50.6. The van der Waals surface area contributed by atoms with Crippen LogP contribution in [0.4, 0.5) is 34.1 Å². The Morgan fingerprint density at radius 1 is 0.306 bits per heavy atom. The lowest BCUT2D eigenvalue weighted by Crippen LogP contribution is -2.29. The Balaban J connectivity index is 0.951. The molecular formula is C81H62N2O2. The van der Waals surface area contributed by atoms with Crippen LogP contribution in [0.3, 0.4) is 0 Å². The Kier molecular flexibility index (Phi) is 11.3. The number of rotatable bonds is 8. The second-order valence-electron chi connectivity index (χ2n) is 25.2. The van der Waals surface area contributed by atoms with Gasteiger partial charge in [-0.2, -0.15) is 0 Å². The molecule has 0 unspecified atom stereocenters. The zero-order valence-corrected chi connectivity index (χ0v) is 48.6. The lowest BCUT2D eigenvalue weighted by molar-refractivity contribution is 0.572. The summed E-state index contributed by atoms with van der Waals surface area (Å²) in [6.07, 6.45) is 0. The lowest BCUT2D eigenvalue weighted by Gasteiger charge is -2.35. The van der Waals surface area contributed by atoms with Gasteiger partial charge in [-0.1, -0.05) is 236 Å². The summed E-state index contributed by atoms with van der Waals surface area (Å²) in [5.74, 6) is 0. The molecular weight excluding hydrogens is 1030 g/mol. The highest BCUT2D eigenvalue weighted by Gasteiger charge is 2.48.